The summed E-state index contributed by atoms with van der Waals surface area (Å²) in [4.78, 5) is 25.5. The number of hydrogen-bond donors (Lipinski definition) is 1. The number of methoxy groups -OCH3 is 1. The molecule has 4 rings (SSSR count). The largest absolute Gasteiger partial charge is 0.493 e. The van der Waals surface area contributed by atoms with Crippen molar-refractivity contribution in [3.63, 3.8) is 0 Å². The molecule has 1 aromatic heterocycles. The van der Waals surface area contributed by atoms with E-state index >= 15 is 0 Å². The van der Waals surface area contributed by atoms with E-state index in [4.69, 9.17) is 25.8 Å². The smallest absolute Gasteiger partial charge is 0.258 e. The van der Waals surface area contributed by atoms with Crippen LogP contribution in [0.5, 0.6) is 17.2 Å². The summed E-state index contributed by atoms with van der Waals surface area (Å²) in [7, 11) is 1.55. The van der Waals surface area contributed by atoms with Crippen LogP contribution in [0.15, 0.2) is 48.5 Å². The topological polar surface area (TPSA) is 73.9 Å². The van der Waals surface area contributed by atoms with Crippen LogP contribution in [-0.4, -0.2) is 38.1 Å². The molecule has 1 amide bonds. The van der Waals surface area contributed by atoms with Gasteiger partial charge in [-0.3, -0.25) is 9.59 Å². The average Bonchev–Trinajstić information content (AvgIpc) is 3.44. The first-order chi connectivity index (χ1) is 15.4. The highest BCUT2D eigenvalue weighted by molar-refractivity contribution is 7.17. The van der Waals surface area contributed by atoms with E-state index < -0.39 is 0 Å². The number of benzene rings is 2. The molecule has 0 fully saturated rings. The maximum absolute atomic E-state index is 12.2. The van der Waals surface area contributed by atoms with Gasteiger partial charge in [0, 0.05) is 16.9 Å². The summed E-state index contributed by atoms with van der Waals surface area (Å²) in [5, 5.41) is 3.36. The fraction of sp³-hybridized carbons (Fsp3) is 0.250. The number of nitrogens with one attached hydrogen (secondary N) is 1. The van der Waals surface area contributed by atoms with Crippen molar-refractivity contribution in [1.82, 2.24) is 5.32 Å². The van der Waals surface area contributed by atoms with Crippen molar-refractivity contribution in [2.24, 2.45) is 0 Å². The quantitative estimate of drug-likeness (QED) is 0.479. The minimum absolute atomic E-state index is 0.0438. The monoisotopic (exact) mass is 471 g/mol. The molecular weight excluding hydrogens is 450 g/mol. The second-order valence-corrected chi connectivity index (χ2v) is 8.84. The third kappa shape index (κ3) is 4.89. The van der Waals surface area contributed by atoms with Crippen LogP contribution in [0.2, 0.25) is 5.02 Å². The lowest BCUT2D eigenvalue weighted by Crippen LogP contribution is -2.37. The van der Waals surface area contributed by atoms with Gasteiger partial charge in [-0.1, -0.05) is 23.7 Å². The van der Waals surface area contributed by atoms with Gasteiger partial charge in [0.15, 0.2) is 23.9 Å². The van der Waals surface area contributed by atoms with Crippen LogP contribution in [0.1, 0.15) is 22.2 Å². The molecule has 8 heteroatoms. The first-order valence-electron chi connectivity index (χ1n) is 10.1. The number of fused-ring (bicyclic) bond motifs is 1. The summed E-state index contributed by atoms with van der Waals surface area (Å²) < 4.78 is 16.7. The van der Waals surface area contributed by atoms with Crippen LogP contribution in [0.3, 0.4) is 0 Å². The molecule has 0 bridgehead atoms. The van der Waals surface area contributed by atoms with Gasteiger partial charge in [0.25, 0.3) is 5.91 Å². The molecule has 0 radical (unpaired) electrons. The number of carbonyl (C=O) groups excluding carboxylic acids is 2. The van der Waals surface area contributed by atoms with Gasteiger partial charge in [0.1, 0.15) is 11.9 Å². The van der Waals surface area contributed by atoms with E-state index in [9.17, 15) is 9.59 Å². The fourth-order valence-electron chi connectivity index (χ4n) is 3.49. The molecule has 2 aromatic carbocycles. The number of rotatable bonds is 8. The van der Waals surface area contributed by atoms with Crippen molar-refractivity contribution in [2.75, 3.05) is 20.3 Å². The summed E-state index contributed by atoms with van der Waals surface area (Å²) in [6, 6.07) is 14.8. The SMILES string of the molecule is COc1ccccc1OCC(=O)NCC1Cc2cc(-c3ccc(C(C)=O)s3)cc(Cl)c2O1. The Balaban J connectivity index is 1.34. The minimum Gasteiger partial charge on any atom is -0.493 e. The molecule has 1 unspecified atom stereocenters. The van der Waals surface area contributed by atoms with Gasteiger partial charge < -0.3 is 19.5 Å². The Morgan fingerprint density at radius 1 is 1.19 bits per heavy atom. The summed E-state index contributed by atoms with van der Waals surface area (Å²) in [6.45, 7) is 1.77. The Morgan fingerprint density at radius 3 is 2.69 bits per heavy atom. The molecule has 1 aliphatic rings. The third-order valence-corrected chi connectivity index (χ3v) is 6.56. The van der Waals surface area contributed by atoms with E-state index in [2.05, 4.69) is 5.32 Å². The van der Waals surface area contributed by atoms with Crippen molar-refractivity contribution < 1.29 is 23.8 Å². The fourth-order valence-corrected chi connectivity index (χ4v) is 4.66. The van der Waals surface area contributed by atoms with Gasteiger partial charge in [0.05, 0.1) is 23.6 Å². The molecule has 32 heavy (non-hydrogen) atoms. The van der Waals surface area contributed by atoms with Crippen LogP contribution >= 0.6 is 22.9 Å². The molecule has 2 heterocycles. The summed E-state index contributed by atoms with van der Waals surface area (Å²) in [5.74, 6) is 1.51. The molecule has 6 nitrogen and oxygen atoms in total. The number of para-hydroxylation sites is 2. The molecule has 1 N–H and O–H groups in total. The van der Waals surface area contributed by atoms with Gasteiger partial charge >= 0.3 is 0 Å². The Morgan fingerprint density at radius 2 is 1.97 bits per heavy atom. The van der Waals surface area contributed by atoms with E-state index in [1.165, 1.54) is 11.3 Å². The van der Waals surface area contributed by atoms with Crippen molar-refractivity contribution in [1.29, 1.82) is 0 Å². The Labute approximate surface area is 195 Å². The molecule has 1 aliphatic heterocycles. The zero-order valence-corrected chi connectivity index (χ0v) is 19.2. The molecule has 166 valence electrons. The Hall–Kier alpha value is -3.03. The number of ether oxygens (including phenoxy) is 3. The molecule has 1 atom stereocenters. The highest BCUT2D eigenvalue weighted by Gasteiger charge is 2.27. The highest BCUT2D eigenvalue weighted by atomic mass is 35.5. The second-order valence-electron chi connectivity index (χ2n) is 7.35. The standard InChI is InChI=1S/C24H22ClNO5S/c1-14(27)21-7-8-22(32-21)15-9-16-10-17(31-24(16)18(25)11-15)12-26-23(28)13-30-20-6-4-3-5-19(20)29-2/h3-9,11,17H,10,12-13H2,1-2H3,(H,26,28). The van der Waals surface area contributed by atoms with Gasteiger partial charge in [-0.25, -0.2) is 0 Å². The van der Waals surface area contributed by atoms with E-state index in [0.717, 1.165) is 16.0 Å². The van der Waals surface area contributed by atoms with E-state index in [1.807, 2.05) is 36.4 Å². The van der Waals surface area contributed by atoms with Gasteiger partial charge in [-0.05, 0) is 48.9 Å². The lowest BCUT2D eigenvalue weighted by atomic mass is 10.1. The van der Waals surface area contributed by atoms with Crippen molar-refractivity contribution >= 4 is 34.6 Å². The number of hydrogen-bond acceptors (Lipinski definition) is 6. The van der Waals surface area contributed by atoms with Crippen molar-refractivity contribution in [3.05, 3.63) is 64.0 Å². The third-order valence-electron chi connectivity index (χ3n) is 5.04. The molecule has 0 spiro atoms. The van der Waals surface area contributed by atoms with Crippen molar-refractivity contribution in [2.45, 2.75) is 19.4 Å². The molecular formula is C24H22ClNO5S. The number of thiophene rings is 1. The summed E-state index contributed by atoms with van der Waals surface area (Å²) >= 11 is 7.90. The van der Waals surface area contributed by atoms with Gasteiger partial charge in [0.2, 0.25) is 0 Å². The number of carbonyl (C=O) groups is 2. The second kappa shape index (κ2) is 9.63. The maximum Gasteiger partial charge on any atom is 0.258 e. The first-order valence-corrected chi connectivity index (χ1v) is 11.3. The van der Waals surface area contributed by atoms with E-state index in [0.29, 0.717) is 40.1 Å². The summed E-state index contributed by atoms with van der Waals surface area (Å²) in [6.07, 6.45) is 0.408. The maximum atomic E-state index is 12.2. The zero-order valence-electron chi connectivity index (χ0n) is 17.6. The van der Waals surface area contributed by atoms with E-state index in [-0.39, 0.29) is 24.4 Å². The van der Waals surface area contributed by atoms with Crippen LogP contribution in [-0.2, 0) is 11.2 Å². The van der Waals surface area contributed by atoms with E-state index in [1.54, 1.807) is 26.2 Å². The molecule has 0 saturated heterocycles. The number of ketones is 1. The molecule has 0 saturated carbocycles. The number of amides is 1. The Kier molecular flexibility index (Phi) is 6.67. The van der Waals surface area contributed by atoms with Crippen molar-refractivity contribution in [3.8, 4) is 27.7 Å². The highest BCUT2D eigenvalue weighted by Crippen LogP contribution is 2.41. The van der Waals surface area contributed by atoms with Crippen LogP contribution < -0.4 is 19.5 Å². The predicted molar refractivity (Wildman–Crippen MR) is 124 cm³/mol. The lowest BCUT2D eigenvalue weighted by molar-refractivity contribution is -0.123. The Bertz CT molecular complexity index is 1160. The number of halogens is 1. The van der Waals surface area contributed by atoms with Crippen LogP contribution in [0.25, 0.3) is 10.4 Å². The predicted octanol–water partition coefficient (Wildman–Crippen LogP) is 4.78. The van der Waals surface area contributed by atoms with Crippen LogP contribution in [0.4, 0.5) is 0 Å². The van der Waals surface area contributed by atoms with Gasteiger partial charge in [-0.15, -0.1) is 11.3 Å². The normalized spacial score (nSPS) is 14.4. The van der Waals surface area contributed by atoms with Crippen LogP contribution in [0, 0.1) is 0 Å². The molecule has 0 aliphatic carbocycles. The first kappa shape index (κ1) is 22.2. The number of Topliss-reactive ketones (excluding diaryl/α,β-unsaturated/α-hetero) is 1. The summed E-state index contributed by atoms with van der Waals surface area (Å²) in [5.41, 5.74) is 1.93. The average molecular weight is 472 g/mol. The van der Waals surface area contributed by atoms with Gasteiger partial charge in [-0.2, -0.15) is 0 Å². The zero-order chi connectivity index (χ0) is 22.7. The minimum atomic E-state index is -0.252. The lowest BCUT2D eigenvalue weighted by Gasteiger charge is -2.13. The molecule has 3 aromatic rings.